The second-order valence-corrected chi connectivity index (χ2v) is 7.19. The van der Waals surface area contributed by atoms with Crippen LogP contribution < -0.4 is 0 Å². The fraction of sp³-hybridized carbons (Fsp3) is 0.750. The normalized spacial score (nSPS) is 53.7. The number of rotatable bonds is 2. The van der Waals surface area contributed by atoms with E-state index in [0.29, 0.717) is 23.7 Å². The van der Waals surface area contributed by atoms with Gasteiger partial charge in [0.25, 0.3) is 0 Å². The standard InChI is InChI=1S/C16H18O4/c17-15(10-4-7-1-2-8(10)3-7)19-13-9-5-11-12(6-9)16(18)20-14(11)13/h1-2,7-14H,3-6H2/t7?,8?,9-,10?,11?,12?,13?,14?/m0/s1. The molecule has 7 unspecified atom stereocenters. The van der Waals surface area contributed by atoms with Gasteiger partial charge in [-0.15, -0.1) is 0 Å². The minimum Gasteiger partial charge on any atom is -0.458 e. The highest BCUT2D eigenvalue weighted by molar-refractivity contribution is 5.78. The minimum atomic E-state index is -0.168. The average molecular weight is 274 g/mol. The summed E-state index contributed by atoms with van der Waals surface area (Å²) in [5.74, 6) is 1.62. The number of fused-ring (bicyclic) bond motifs is 3. The van der Waals surface area contributed by atoms with Gasteiger partial charge >= 0.3 is 11.9 Å². The number of allylic oxidation sites excluding steroid dienone is 2. The third-order valence-corrected chi connectivity index (χ3v) is 6.25. The lowest BCUT2D eigenvalue weighted by atomic mass is 9.87. The van der Waals surface area contributed by atoms with Gasteiger partial charge in [-0.2, -0.15) is 0 Å². The highest BCUT2D eigenvalue weighted by Gasteiger charge is 2.63. The molecule has 0 amide bonds. The monoisotopic (exact) mass is 274 g/mol. The number of carbonyl (C=O) groups excluding carboxylic acids is 2. The fourth-order valence-electron chi connectivity index (χ4n) is 5.34. The third kappa shape index (κ3) is 1.32. The quantitative estimate of drug-likeness (QED) is 0.568. The molecule has 4 fully saturated rings. The average Bonchev–Trinajstić information content (AvgIpc) is 3.19. The van der Waals surface area contributed by atoms with Crippen LogP contribution >= 0.6 is 0 Å². The molecule has 5 aliphatic rings. The summed E-state index contributed by atoms with van der Waals surface area (Å²) >= 11 is 0. The smallest absolute Gasteiger partial charge is 0.309 e. The van der Waals surface area contributed by atoms with Crippen LogP contribution in [0.15, 0.2) is 12.2 Å². The molecule has 1 saturated heterocycles. The Morgan fingerprint density at radius 1 is 1.20 bits per heavy atom. The highest BCUT2D eigenvalue weighted by Crippen LogP contribution is 2.56. The van der Waals surface area contributed by atoms with Gasteiger partial charge in [-0.25, -0.2) is 0 Å². The Morgan fingerprint density at radius 3 is 2.85 bits per heavy atom. The summed E-state index contributed by atoms with van der Waals surface area (Å²) in [6.45, 7) is 0. The van der Waals surface area contributed by atoms with E-state index >= 15 is 0 Å². The van der Waals surface area contributed by atoms with E-state index in [-0.39, 0.29) is 36.0 Å². The van der Waals surface area contributed by atoms with Crippen molar-refractivity contribution in [2.45, 2.75) is 37.9 Å². The van der Waals surface area contributed by atoms with Crippen LogP contribution in [0.2, 0.25) is 0 Å². The van der Waals surface area contributed by atoms with E-state index in [4.69, 9.17) is 9.47 Å². The Hall–Kier alpha value is -1.32. The van der Waals surface area contributed by atoms with E-state index < -0.39 is 0 Å². The summed E-state index contributed by atoms with van der Waals surface area (Å²) in [6, 6.07) is 0. The van der Waals surface area contributed by atoms with Crippen LogP contribution in [0.5, 0.6) is 0 Å². The maximum absolute atomic E-state index is 12.4. The van der Waals surface area contributed by atoms with Crippen molar-refractivity contribution in [1.29, 1.82) is 0 Å². The molecule has 106 valence electrons. The summed E-state index contributed by atoms with van der Waals surface area (Å²) in [5, 5.41) is 0. The lowest BCUT2D eigenvalue weighted by Gasteiger charge is -2.27. The van der Waals surface area contributed by atoms with Gasteiger partial charge < -0.3 is 9.47 Å². The van der Waals surface area contributed by atoms with Gasteiger partial charge in [0, 0.05) is 11.8 Å². The molecule has 4 nitrogen and oxygen atoms in total. The zero-order chi connectivity index (χ0) is 13.4. The fourth-order valence-corrected chi connectivity index (χ4v) is 5.34. The number of esters is 2. The van der Waals surface area contributed by atoms with Crippen molar-refractivity contribution in [3.05, 3.63) is 12.2 Å². The Kier molecular flexibility index (Phi) is 2.08. The second kappa shape index (κ2) is 3.66. The Balaban J connectivity index is 1.32. The summed E-state index contributed by atoms with van der Waals surface area (Å²) in [4.78, 5) is 24.1. The van der Waals surface area contributed by atoms with E-state index in [1.165, 1.54) is 0 Å². The van der Waals surface area contributed by atoms with Crippen LogP contribution in [0, 0.1) is 35.5 Å². The van der Waals surface area contributed by atoms with Crippen molar-refractivity contribution in [2.24, 2.45) is 35.5 Å². The molecule has 4 heteroatoms. The van der Waals surface area contributed by atoms with E-state index in [1.807, 2.05) is 0 Å². The maximum atomic E-state index is 12.4. The van der Waals surface area contributed by atoms with Crippen LogP contribution in [0.4, 0.5) is 0 Å². The van der Waals surface area contributed by atoms with Crippen LogP contribution in [0.25, 0.3) is 0 Å². The predicted molar refractivity (Wildman–Crippen MR) is 68.3 cm³/mol. The molecule has 1 aliphatic heterocycles. The minimum absolute atomic E-state index is 0.0389. The van der Waals surface area contributed by atoms with Crippen molar-refractivity contribution in [3.63, 3.8) is 0 Å². The van der Waals surface area contributed by atoms with E-state index in [0.717, 1.165) is 25.7 Å². The molecule has 20 heavy (non-hydrogen) atoms. The van der Waals surface area contributed by atoms with Gasteiger partial charge in [0.1, 0.15) is 12.2 Å². The summed E-state index contributed by atoms with van der Waals surface area (Å²) in [6.07, 6.45) is 7.99. The molecule has 5 rings (SSSR count). The lowest BCUT2D eigenvalue weighted by molar-refractivity contribution is -0.166. The Morgan fingerprint density at radius 2 is 2.10 bits per heavy atom. The number of ether oxygens (including phenoxy) is 2. The van der Waals surface area contributed by atoms with Crippen LogP contribution in [0.3, 0.4) is 0 Å². The van der Waals surface area contributed by atoms with Gasteiger partial charge in [0.05, 0.1) is 11.8 Å². The molecule has 0 aromatic heterocycles. The van der Waals surface area contributed by atoms with E-state index in [1.54, 1.807) is 0 Å². The molecule has 0 aromatic rings. The first-order valence-electron chi connectivity index (χ1n) is 7.80. The first-order valence-corrected chi connectivity index (χ1v) is 7.80. The van der Waals surface area contributed by atoms with Gasteiger partial charge in [-0.3, -0.25) is 9.59 Å². The van der Waals surface area contributed by atoms with Gasteiger partial charge in [0.15, 0.2) is 0 Å². The zero-order valence-corrected chi connectivity index (χ0v) is 11.2. The van der Waals surface area contributed by atoms with Crippen LogP contribution in [-0.4, -0.2) is 24.1 Å². The molecular weight excluding hydrogens is 256 g/mol. The molecule has 8 atom stereocenters. The molecule has 1 heterocycles. The lowest BCUT2D eigenvalue weighted by Crippen LogP contribution is -2.38. The van der Waals surface area contributed by atoms with Gasteiger partial charge in [0.2, 0.25) is 0 Å². The molecule has 0 radical (unpaired) electrons. The van der Waals surface area contributed by atoms with Crippen molar-refractivity contribution in [2.75, 3.05) is 0 Å². The number of hydrogen-bond donors (Lipinski definition) is 0. The first kappa shape index (κ1) is 11.4. The van der Waals surface area contributed by atoms with Crippen molar-refractivity contribution >= 4 is 11.9 Å². The SMILES string of the molecule is O=C(OC1C2OC(=O)C3C[C@@H]1CC32)C1CC2C=CC1C2. The van der Waals surface area contributed by atoms with Gasteiger partial charge in [-0.05, 0) is 37.5 Å². The summed E-state index contributed by atoms with van der Waals surface area (Å²) < 4.78 is 11.3. The topological polar surface area (TPSA) is 52.6 Å². The highest BCUT2D eigenvalue weighted by atomic mass is 16.6. The van der Waals surface area contributed by atoms with Crippen LogP contribution in [-0.2, 0) is 19.1 Å². The van der Waals surface area contributed by atoms with Crippen LogP contribution in [0.1, 0.15) is 25.7 Å². The molecule has 4 aliphatic carbocycles. The zero-order valence-electron chi connectivity index (χ0n) is 11.2. The molecular formula is C16H18O4. The molecule has 0 N–H and O–H groups in total. The molecule has 4 bridgehead atoms. The second-order valence-electron chi connectivity index (χ2n) is 7.19. The van der Waals surface area contributed by atoms with E-state index in [2.05, 4.69) is 12.2 Å². The van der Waals surface area contributed by atoms with Crippen molar-refractivity contribution in [3.8, 4) is 0 Å². The maximum Gasteiger partial charge on any atom is 0.309 e. The van der Waals surface area contributed by atoms with Gasteiger partial charge in [-0.1, -0.05) is 12.2 Å². The third-order valence-electron chi connectivity index (χ3n) is 6.25. The predicted octanol–water partition coefficient (Wildman–Crippen LogP) is 1.69. The molecule has 3 saturated carbocycles. The first-order chi connectivity index (χ1) is 9.70. The largest absolute Gasteiger partial charge is 0.458 e. The Bertz CT molecular complexity index is 525. The van der Waals surface area contributed by atoms with Crippen molar-refractivity contribution in [1.82, 2.24) is 0 Å². The summed E-state index contributed by atoms with van der Waals surface area (Å²) in [5.41, 5.74) is 0. The van der Waals surface area contributed by atoms with Crippen molar-refractivity contribution < 1.29 is 19.1 Å². The number of hydrogen-bond acceptors (Lipinski definition) is 4. The molecule has 0 aromatic carbocycles. The Labute approximate surface area is 117 Å². The molecule has 0 spiro atoms. The number of carbonyl (C=O) groups is 2. The summed E-state index contributed by atoms with van der Waals surface area (Å²) in [7, 11) is 0. The van der Waals surface area contributed by atoms with E-state index in [9.17, 15) is 9.59 Å².